The van der Waals surface area contributed by atoms with E-state index in [4.69, 9.17) is 10.5 Å². The molecule has 1 fully saturated rings. The summed E-state index contributed by atoms with van der Waals surface area (Å²) in [6.07, 6.45) is 0.392. The van der Waals surface area contributed by atoms with Gasteiger partial charge in [-0.3, -0.25) is 14.5 Å². The summed E-state index contributed by atoms with van der Waals surface area (Å²) in [6.45, 7) is 3.28. The highest BCUT2D eigenvalue weighted by atomic mass is 19.1. The molecule has 0 spiro atoms. The molecule has 0 aromatic heterocycles. The van der Waals surface area contributed by atoms with Crippen LogP contribution in [0.2, 0.25) is 0 Å². The highest BCUT2D eigenvalue weighted by Crippen LogP contribution is 2.20. The molecule has 1 saturated heterocycles. The molecule has 0 saturated carbocycles. The fraction of sp³-hybridized carbons (Fsp3) is 0.529. The normalized spacial score (nSPS) is 21.0. The molecule has 1 aliphatic heterocycles. The number of rotatable bonds is 7. The van der Waals surface area contributed by atoms with E-state index in [1.54, 1.807) is 29.0 Å². The predicted molar refractivity (Wildman–Crippen MR) is 87.5 cm³/mol. The van der Waals surface area contributed by atoms with Crippen LogP contribution in [0.3, 0.4) is 0 Å². The topological polar surface area (TPSA) is 75.9 Å². The Morgan fingerprint density at radius 2 is 2.21 bits per heavy atom. The number of likely N-dealkylation sites (tertiary alicyclic amines) is 1. The Kier molecular flexibility index (Phi) is 6.28. The number of carbonyl (C=O) groups is 2. The lowest BCUT2D eigenvalue weighted by atomic mass is 10.2. The molecule has 0 aliphatic carbocycles. The average molecular weight is 337 g/mol. The molecule has 2 atom stereocenters. The summed E-state index contributed by atoms with van der Waals surface area (Å²) in [6, 6.07) is 5.69. The molecular formula is C17H24FN3O3. The van der Waals surface area contributed by atoms with Crippen molar-refractivity contribution in [1.82, 2.24) is 9.80 Å². The van der Waals surface area contributed by atoms with Crippen LogP contribution in [0.15, 0.2) is 24.3 Å². The average Bonchev–Trinajstić information content (AvgIpc) is 2.95. The second kappa shape index (κ2) is 8.21. The fourth-order valence-corrected chi connectivity index (χ4v) is 3.01. The van der Waals surface area contributed by atoms with E-state index in [-0.39, 0.29) is 24.4 Å². The van der Waals surface area contributed by atoms with E-state index in [1.807, 2.05) is 6.92 Å². The van der Waals surface area contributed by atoms with Gasteiger partial charge in [0, 0.05) is 26.7 Å². The minimum Gasteiger partial charge on any atom is -0.380 e. The lowest BCUT2D eigenvalue weighted by molar-refractivity contribution is -0.134. The summed E-state index contributed by atoms with van der Waals surface area (Å²) in [5.74, 6) is -0.896. The molecule has 2 amide bonds. The van der Waals surface area contributed by atoms with E-state index >= 15 is 0 Å². The van der Waals surface area contributed by atoms with Gasteiger partial charge in [-0.25, -0.2) is 4.39 Å². The van der Waals surface area contributed by atoms with E-state index in [0.717, 1.165) is 5.56 Å². The van der Waals surface area contributed by atoms with E-state index in [9.17, 15) is 14.0 Å². The van der Waals surface area contributed by atoms with Gasteiger partial charge < -0.3 is 15.4 Å². The molecule has 6 nitrogen and oxygen atoms in total. The minimum atomic E-state index is -0.494. The maximum absolute atomic E-state index is 13.3. The first-order valence-electron chi connectivity index (χ1n) is 8.03. The van der Waals surface area contributed by atoms with Gasteiger partial charge in [-0.15, -0.1) is 0 Å². The summed E-state index contributed by atoms with van der Waals surface area (Å²) >= 11 is 0. The SMILES string of the molecule is CCN(Cc1cccc(F)c1)C(=O)CN1C[C@@H](OC)C[C@H]1C(N)=O. The van der Waals surface area contributed by atoms with Gasteiger partial charge in [0.25, 0.3) is 0 Å². The van der Waals surface area contributed by atoms with Crippen molar-refractivity contribution in [2.75, 3.05) is 26.7 Å². The zero-order chi connectivity index (χ0) is 17.7. The molecule has 24 heavy (non-hydrogen) atoms. The number of primary amides is 1. The van der Waals surface area contributed by atoms with Gasteiger partial charge in [0.15, 0.2) is 0 Å². The number of hydrogen-bond acceptors (Lipinski definition) is 4. The highest BCUT2D eigenvalue weighted by Gasteiger charge is 2.37. The van der Waals surface area contributed by atoms with Crippen molar-refractivity contribution in [3.05, 3.63) is 35.6 Å². The van der Waals surface area contributed by atoms with Crippen LogP contribution in [0.25, 0.3) is 0 Å². The number of carbonyl (C=O) groups excluding carboxylic acids is 2. The van der Waals surface area contributed by atoms with Crippen molar-refractivity contribution in [3.8, 4) is 0 Å². The summed E-state index contributed by atoms with van der Waals surface area (Å²) in [7, 11) is 1.58. The molecule has 0 radical (unpaired) electrons. The maximum atomic E-state index is 13.3. The van der Waals surface area contributed by atoms with Gasteiger partial charge in [0.2, 0.25) is 11.8 Å². The monoisotopic (exact) mass is 337 g/mol. The number of ether oxygens (including phenoxy) is 1. The van der Waals surface area contributed by atoms with E-state index in [2.05, 4.69) is 0 Å². The van der Waals surface area contributed by atoms with Crippen molar-refractivity contribution in [1.29, 1.82) is 0 Å². The van der Waals surface area contributed by atoms with Crippen LogP contribution in [0, 0.1) is 5.82 Å². The lowest BCUT2D eigenvalue weighted by Crippen LogP contribution is -2.46. The van der Waals surface area contributed by atoms with Crippen LogP contribution < -0.4 is 5.73 Å². The molecule has 1 heterocycles. The molecule has 1 aromatic rings. The molecule has 1 aromatic carbocycles. The number of amides is 2. The Balaban J connectivity index is 2.01. The second-order valence-electron chi connectivity index (χ2n) is 5.98. The van der Waals surface area contributed by atoms with Crippen molar-refractivity contribution >= 4 is 11.8 Å². The van der Waals surface area contributed by atoms with Crippen LogP contribution in [0.1, 0.15) is 18.9 Å². The van der Waals surface area contributed by atoms with Gasteiger partial charge in [-0.1, -0.05) is 12.1 Å². The van der Waals surface area contributed by atoms with Crippen LogP contribution in [-0.4, -0.2) is 60.5 Å². The van der Waals surface area contributed by atoms with Crippen LogP contribution in [0.4, 0.5) is 4.39 Å². The Hall–Kier alpha value is -1.99. The number of hydrogen-bond donors (Lipinski definition) is 1. The number of methoxy groups -OCH3 is 1. The van der Waals surface area contributed by atoms with E-state index in [1.165, 1.54) is 12.1 Å². The van der Waals surface area contributed by atoms with Crippen molar-refractivity contribution in [3.63, 3.8) is 0 Å². The van der Waals surface area contributed by atoms with Crippen molar-refractivity contribution in [2.24, 2.45) is 5.73 Å². The van der Waals surface area contributed by atoms with E-state index < -0.39 is 11.9 Å². The summed E-state index contributed by atoms with van der Waals surface area (Å²) in [5.41, 5.74) is 6.16. The maximum Gasteiger partial charge on any atom is 0.237 e. The number of nitrogens with zero attached hydrogens (tertiary/aromatic N) is 2. The molecule has 2 rings (SSSR count). The predicted octanol–water partition coefficient (Wildman–Crippen LogP) is 0.749. The summed E-state index contributed by atoms with van der Waals surface area (Å²) in [5, 5.41) is 0. The number of nitrogens with two attached hydrogens (primary N) is 1. The molecule has 0 unspecified atom stereocenters. The third-order valence-electron chi connectivity index (χ3n) is 4.36. The first-order valence-corrected chi connectivity index (χ1v) is 8.03. The molecular weight excluding hydrogens is 313 g/mol. The summed E-state index contributed by atoms with van der Waals surface area (Å²) in [4.78, 5) is 27.6. The third kappa shape index (κ3) is 4.52. The molecule has 0 bridgehead atoms. The second-order valence-corrected chi connectivity index (χ2v) is 5.98. The van der Waals surface area contributed by atoms with Crippen LogP contribution in [0.5, 0.6) is 0 Å². The Labute approximate surface area is 141 Å². The van der Waals surface area contributed by atoms with Crippen molar-refractivity contribution < 1.29 is 18.7 Å². The first-order chi connectivity index (χ1) is 11.4. The standard InChI is InChI=1S/C17H24FN3O3/c1-3-20(9-12-5-4-6-13(18)7-12)16(22)11-21-10-14(24-2)8-15(21)17(19)23/h4-7,14-15H,3,8-11H2,1-2H3,(H2,19,23)/t14-,15-/m0/s1. The van der Waals surface area contributed by atoms with Crippen LogP contribution in [-0.2, 0) is 20.9 Å². The molecule has 132 valence electrons. The molecule has 1 aliphatic rings. The Bertz CT molecular complexity index is 596. The molecule has 7 heteroatoms. The molecule has 2 N–H and O–H groups in total. The number of benzene rings is 1. The van der Waals surface area contributed by atoms with Gasteiger partial charge in [0.05, 0.1) is 18.7 Å². The minimum absolute atomic E-state index is 0.0939. The first kappa shape index (κ1) is 18.4. The fourth-order valence-electron chi connectivity index (χ4n) is 3.01. The smallest absolute Gasteiger partial charge is 0.237 e. The van der Waals surface area contributed by atoms with Gasteiger partial charge in [0.1, 0.15) is 5.82 Å². The quantitative estimate of drug-likeness (QED) is 0.797. The zero-order valence-electron chi connectivity index (χ0n) is 14.1. The highest BCUT2D eigenvalue weighted by molar-refractivity contribution is 5.83. The number of halogens is 1. The third-order valence-corrected chi connectivity index (χ3v) is 4.36. The van der Waals surface area contributed by atoms with Gasteiger partial charge in [-0.2, -0.15) is 0 Å². The summed E-state index contributed by atoms with van der Waals surface area (Å²) < 4.78 is 18.6. The van der Waals surface area contributed by atoms with Gasteiger partial charge >= 0.3 is 0 Å². The Morgan fingerprint density at radius 1 is 1.46 bits per heavy atom. The largest absolute Gasteiger partial charge is 0.380 e. The number of likely N-dealkylation sites (N-methyl/N-ethyl adjacent to an activating group) is 1. The van der Waals surface area contributed by atoms with Crippen LogP contribution >= 0.6 is 0 Å². The van der Waals surface area contributed by atoms with E-state index in [0.29, 0.717) is 26.1 Å². The van der Waals surface area contributed by atoms with Gasteiger partial charge in [-0.05, 0) is 31.0 Å². The lowest BCUT2D eigenvalue weighted by Gasteiger charge is -2.26. The Morgan fingerprint density at radius 3 is 2.79 bits per heavy atom. The van der Waals surface area contributed by atoms with Crippen molar-refractivity contribution in [2.45, 2.75) is 32.0 Å². The zero-order valence-corrected chi connectivity index (χ0v) is 14.1.